The maximum absolute atomic E-state index is 6.28. The number of hydrazine groups is 1. The van der Waals surface area contributed by atoms with Crippen molar-refractivity contribution in [2.75, 3.05) is 0 Å². The van der Waals surface area contributed by atoms with Gasteiger partial charge in [-0.05, 0) is 25.7 Å². The van der Waals surface area contributed by atoms with Gasteiger partial charge in [0.25, 0.3) is 0 Å². The summed E-state index contributed by atoms with van der Waals surface area (Å²) in [5.41, 5.74) is 4.02. The van der Waals surface area contributed by atoms with Crippen LogP contribution in [0.4, 0.5) is 0 Å². The molecule has 0 aliphatic heterocycles. The Kier molecular flexibility index (Phi) is 5.03. The molecule has 1 aliphatic carbocycles. The third-order valence-electron chi connectivity index (χ3n) is 3.98. The molecule has 0 amide bonds. The highest BCUT2D eigenvalue weighted by atomic mass is 35.5. The molecule has 3 N–H and O–H groups in total. The smallest absolute Gasteiger partial charge is 0.0834 e. The van der Waals surface area contributed by atoms with Gasteiger partial charge in [0.2, 0.25) is 0 Å². The van der Waals surface area contributed by atoms with Gasteiger partial charge in [0.05, 0.1) is 23.0 Å². The molecule has 1 fully saturated rings. The number of hydrogen-bond acceptors (Lipinski definition) is 3. The number of aryl methyl sites for hydroxylation is 1. The Bertz CT molecular complexity index is 369. The summed E-state index contributed by atoms with van der Waals surface area (Å²) >= 11 is 6.28. The summed E-state index contributed by atoms with van der Waals surface area (Å²) in [5, 5.41) is 5.04. The van der Waals surface area contributed by atoms with Crippen molar-refractivity contribution in [3.8, 4) is 0 Å². The summed E-state index contributed by atoms with van der Waals surface area (Å²) in [4.78, 5) is 0. The first-order chi connectivity index (χ1) is 8.77. The van der Waals surface area contributed by atoms with E-state index in [4.69, 9.17) is 17.4 Å². The average Bonchev–Trinajstić information content (AvgIpc) is 2.60. The highest BCUT2D eigenvalue weighted by Gasteiger charge is 2.27. The molecule has 102 valence electrons. The van der Waals surface area contributed by atoms with Crippen molar-refractivity contribution in [1.82, 2.24) is 15.2 Å². The molecule has 4 nitrogen and oxygen atoms in total. The molecule has 1 saturated carbocycles. The van der Waals surface area contributed by atoms with Crippen molar-refractivity contribution < 1.29 is 0 Å². The maximum atomic E-state index is 6.28. The van der Waals surface area contributed by atoms with Crippen LogP contribution in [0, 0.1) is 5.92 Å². The van der Waals surface area contributed by atoms with E-state index >= 15 is 0 Å². The lowest BCUT2D eigenvalue weighted by atomic mass is 9.90. The van der Waals surface area contributed by atoms with E-state index in [2.05, 4.69) is 17.4 Å². The first-order valence-corrected chi connectivity index (χ1v) is 7.33. The third kappa shape index (κ3) is 2.87. The van der Waals surface area contributed by atoms with E-state index < -0.39 is 0 Å². The molecule has 0 spiro atoms. The SMILES string of the molecule is CCn1ncc(Cl)c1C(NN)C1CCCCCC1. The molecule has 0 bridgehead atoms. The van der Waals surface area contributed by atoms with Crippen LogP contribution < -0.4 is 11.3 Å². The molecule has 0 radical (unpaired) electrons. The van der Waals surface area contributed by atoms with Crippen molar-refractivity contribution in [3.63, 3.8) is 0 Å². The molecule has 0 saturated heterocycles. The topological polar surface area (TPSA) is 55.9 Å². The van der Waals surface area contributed by atoms with E-state index in [9.17, 15) is 0 Å². The Morgan fingerprint density at radius 1 is 1.44 bits per heavy atom. The van der Waals surface area contributed by atoms with Crippen LogP contribution in [-0.2, 0) is 6.54 Å². The van der Waals surface area contributed by atoms with E-state index in [1.807, 2.05) is 4.68 Å². The highest BCUT2D eigenvalue weighted by Crippen LogP contribution is 2.35. The lowest BCUT2D eigenvalue weighted by Gasteiger charge is -2.26. The van der Waals surface area contributed by atoms with Crippen LogP contribution in [0.3, 0.4) is 0 Å². The summed E-state index contributed by atoms with van der Waals surface area (Å²) in [6.45, 7) is 2.90. The standard InChI is InChI=1S/C13H23ClN4/c1-2-18-13(11(14)9-16-18)12(17-15)10-7-5-3-4-6-8-10/h9-10,12,17H,2-8,15H2,1H3. The van der Waals surface area contributed by atoms with Crippen LogP contribution >= 0.6 is 11.6 Å². The number of nitrogens with zero attached hydrogens (tertiary/aromatic N) is 2. The molecule has 1 aromatic rings. The van der Waals surface area contributed by atoms with Gasteiger partial charge in [-0.25, -0.2) is 0 Å². The minimum absolute atomic E-state index is 0.123. The van der Waals surface area contributed by atoms with E-state index in [0.29, 0.717) is 5.92 Å². The zero-order valence-electron chi connectivity index (χ0n) is 11.0. The molecular formula is C13H23ClN4. The molecule has 0 aromatic carbocycles. The second kappa shape index (κ2) is 6.55. The fourth-order valence-corrected chi connectivity index (χ4v) is 3.27. The first kappa shape index (κ1) is 13.8. The largest absolute Gasteiger partial charge is 0.271 e. The molecule has 1 aliphatic rings. The Balaban J connectivity index is 2.23. The van der Waals surface area contributed by atoms with Gasteiger partial charge in [0, 0.05) is 6.54 Å². The Hall–Kier alpha value is -0.580. The zero-order chi connectivity index (χ0) is 13.0. The number of nitrogens with two attached hydrogens (primary N) is 1. The van der Waals surface area contributed by atoms with E-state index in [1.165, 1.54) is 38.5 Å². The van der Waals surface area contributed by atoms with Crippen LogP contribution in [0.5, 0.6) is 0 Å². The average molecular weight is 271 g/mol. The summed E-state index contributed by atoms with van der Waals surface area (Å²) in [7, 11) is 0. The van der Waals surface area contributed by atoms with Gasteiger partial charge in [-0.1, -0.05) is 37.3 Å². The van der Waals surface area contributed by atoms with Gasteiger partial charge < -0.3 is 0 Å². The highest BCUT2D eigenvalue weighted by molar-refractivity contribution is 6.31. The van der Waals surface area contributed by atoms with Crippen LogP contribution in [0.1, 0.15) is 57.2 Å². The van der Waals surface area contributed by atoms with Crippen molar-refractivity contribution in [1.29, 1.82) is 0 Å². The first-order valence-electron chi connectivity index (χ1n) is 6.95. The van der Waals surface area contributed by atoms with Gasteiger partial charge in [0.1, 0.15) is 0 Å². The van der Waals surface area contributed by atoms with E-state index in [1.54, 1.807) is 6.20 Å². The second-order valence-corrected chi connectivity index (χ2v) is 5.50. The Morgan fingerprint density at radius 3 is 2.67 bits per heavy atom. The van der Waals surface area contributed by atoms with Crippen LogP contribution in [0.2, 0.25) is 5.02 Å². The fraction of sp³-hybridized carbons (Fsp3) is 0.769. The number of nitrogens with one attached hydrogen (secondary N) is 1. The van der Waals surface area contributed by atoms with Crippen molar-refractivity contribution in [3.05, 3.63) is 16.9 Å². The van der Waals surface area contributed by atoms with Gasteiger partial charge in [-0.15, -0.1) is 0 Å². The lowest BCUT2D eigenvalue weighted by molar-refractivity contribution is 0.312. The normalized spacial score (nSPS) is 19.7. The molecule has 2 rings (SSSR count). The molecule has 1 unspecified atom stereocenters. The van der Waals surface area contributed by atoms with Gasteiger partial charge in [-0.3, -0.25) is 16.0 Å². The van der Waals surface area contributed by atoms with Crippen molar-refractivity contribution in [2.45, 2.75) is 58.0 Å². The zero-order valence-corrected chi connectivity index (χ0v) is 11.8. The third-order valence-corrected chi connectivity index (χ3v) is 4.27. The van der Waals surface area contributed by atoms with Gasteiger partial charge >= 0.3 is 0 Å². The van der Waals surface area contributed by atoms with E-state index in [-0.39, 0.29) is 6.04 Å². The van der Waals surface area contributed by atoms with Gasteiger partial charge in [0.15, 0.2) is 0 Å². The van der Waals surface area contributed by atoms with Crippen LogP contribution in [0.15, 0.2) is 6.20 Å². The number of aromatic nitrogens is 2. The number of hydrogen-bond donors (Lipinski definition) is 2. The minimum atomic E-state index is 0.123. The predicted octanol–water partition coefficient (Wildman–Crippen LogP) is 3.03. The quantitative estimate of drug-likeness (QED) is 0.502. The van der Waals surface area contributed by atoms with Crippen LogP contribution in [-0.4, -0.2) is 9.78 Å². The lowest BCUT2D eigenvalue weighted by Crippen LogP contribution is -2.35. The monoisotopic (exact) mass is 270 g/mol. The Labute approximate surface area is 114 Å². The van der Waals surface area contributed by atoms with Crippen molar-refractivity contribution >= 4 is 11.6 Å². The molecular weight excluding hydrogens is 248 g/mol. The van der Waals surface area contributed by atoms with Gasteiger partial charge in [-0.2, -0.15) is 5.10 Å². The Morgan fingerprint density at radius 2 is 2.11 bits per heavy atom. The molecule has 1 heterocycles. The summed E-state index contributed by atoms with van der Waals surface area (Å²) < 4.78 is 1.96. The number of halogens is 1. The number of rotatable bonds is 4. The molecule has 1 aromatic heterocycles. The maximum Gasteiger partial charge on any atom is 0.0834 e. The van der Waals surface area contributed by atoms with Crippen molar-refractivity contribution in [2.24, 2.45) is 11.8 Å². The molecule has 18 heavy (non-hydrogen) atoms. The van der Waals surface area contributed by atoms with Crippen LogP contribution in [0.25, 0.3) is 0 Å². The molecule has 1 atom stereocenters. The minimum Gasteiger partial charge on any atom is -0.271 e. The second-order valence-electron chi connectivity index (χ2n) is 5.09. The predicted molar refractivity (Wildman–Crippen MR) is 74.2 cm³/mol. The summed E-state index contributed by atoms with van der Waals surface area (Å²) in [5.74, 6) is 6.36. The fourth-order valence-electron chi connectivity index (χ4n) is 3.02. The van der Waals surface area contributed by atoms with E-state index in [0.717, 1.165) is 17.3 Å². The molecule has 5 heteroatoms. The summed E-state index contributed by atoms with van der Waals surface area (Å²) in [6.07, 6.45) is 9.44. The summed E-state index contributed by atoms with van der Waals surface area (Å²) in [6, 6.07) is 0.123.